The van der Waals surface area contributed by atoms with Gasteiger partial charge in [0.1, 0.15) is 0 Å². The van der Waals surface area contributed by atoms with Gasteiger partial charge in [0.15, 0.2) is 11.5 Å². The van der Waals surface area contributed by atoms with E-state index in [9.17, 15) is 15.0 Å². The minimum atomic E-state index is -0.936. The summed E-state index contributed by atoms with van der Waals surface area (Å²) < 4.78 is 0.602. The van der Waals surface area contributed by atoms with Gasteiger partial charge in [0, 0.05) is 4.47 Å². The van der Waals surface area contributed by atoms with Crippen molar-refractivity contribution in [3.05, 3.63) is 22.2 Å². The number of benzene rings is 1. The first-order valence-electron chi connectivity index (χ1n) is 4.35. The van der Waals surface area contributed by atoms with E-state index in [-0.39, 0.29) is 17.9 Å². The van der Waals surface area contributed by atoms with Crippen LogP contribution in [0.4, 0.5) is 0 Å². The Kier molecular flexibility index (Phi) is 3.57. The van der Waals surface area contributed by atoms with Gasteiger partial charge in [-0.3, -0.25) is 4.79 Å². The van der Waals surface area contributed by atoms with Crippen LogP contribution in [-0.4, -0.2) is 21.3 Å². The third-order valence-electron chi connectivity index (χ3n) is 2.08. The average Bonchev–Trinajstić information content (AvgIpc) is 2.13. The molecule has 0 saturated carbocycles. The Labute approximate surface area is 95.3 Å². The molecular weight excluding hydrogens is 264 g/mol. The molecule has 0 radical (unpaired) electrons. The second kappa shape index (κ2) is 4.53. The van der Waals surface area contributed by atoms with Gasteiger partial charge in [-0.25, -0.2) is 0 Å². The predicted octanol–water partition coefficient (Wildman–Crippen LogP) is 2.12. The van der Waals surface area contributed by atoms with Crippen molar-refractivity contribution >= 4 is 21.9 Å². The molecule has 82 valence electrons. The van der Waals surface area contributed by atoms with Crippen LogP contribution in [0.15, 0.2) is 16.6 Å². The van der Waals surface area contributed by atoms with Gasteiger partial charge in [-0.05, 0) is 24.1 Å². The van der Waals surface area contributed by atoms with E-state index in [0.29, 0.717) is 10.0 Å². The number of aromatic hydroxyl groups is 2. The number of phenolic OH excluding ortho intramolecular Hbond substituents is 2. The second-order valence-electron chi connectivity index (χ2n) is 3.38. The van der Waals surface area contributed by atoms with Crippen LogP contribution in [0, 0.1) is 5.92 Å². The summed E-state index contributed by atoms with van der Waals surface area (Å²) in [5, 5.41) is 27.5. The molecule has 1 rings (SSSR count). The number of carbonyl (C=O) groups is 1. The molecule has 3 N–H and O–H groups in total. The van der Waals surface area contributed by atoms with Crippen LogP contribution in [0.2, 0.25) is 0 Å². The van der Waals surface area contributed by atoms with E-state index < -0.39 is 11.9 Å². The zero-order valence-corrected chi connectivity index (χ0v) is 9.65. The van der Waals surface area contributed by atoms with E-state index in [4.69, 9.17) is 5.11 Å². The van der Waals surface area contributed by atoms with Crippen LogP contribution in [0.1, 0.15) is 12.5 Å². The second-order valence-corrected chi connectivity index (χ2v) is 4.29. The van der Waals surface area contributed by atoms with Gasteiger partial charge in [0.25, 0.3) is 0 Å². The van der Waals surface area contributed by atoms with Crippen LogP contribution in [0.25, 0.3) is 0 Å². The molecule has 1 unspecified atom stereocenters. The summed E-state index contributed by atoms with van der Waals surface area (Å²) in [7, 11) is 0. The fraction of sp³-hybridized carbons (Fsp3) is 0.300. The van der Waals surface area contributed by atoms with Crippen LogP contribution >= 0.6 is 15.9 Å². The normalized spacial score (nSPS) is 12.4. The first kappa shape index (κ1) is 11.8. The topological polar surface area (TPSA) is 77.8 Å². The molecule has 0 heterocycles. The quantitative estimate of drug-likeness (QED) is 0.738. The van der Waals surface area contributed by atoms with Crippen molar-refractivity contribution in [3.8, 4) is 11.5 Å². The molecule has 0 amide bonds. The van der Waals surface area contributed by atoms with Gasteiger partial charge in [-0.1, -0.05) is 22.9 Å². The molecule has 0 fully saturated rings. The summed E-state index contributed by atoms with van der Waals surface area (Å²) in [4.78, 5) is 10.6. The maximum atomic E-state index is 10.6. The van der Waals surface area contributed by atoms with Crippen molar-refractivity contribution in [2.75, 3.05) is 0 Å². The molecule has 0 aliphatic rings. The molecule has 0 saturated heterocycles. The monoisotopic (exact) mass is 274 g/mol. The van der Waals surface area contributed by atoms with Gasteiger partial charge in [0.05, 0.1) is 5.92 Å². The van der Waals surface area contributed by atoms with Gasteiger partial charge in [0.2, 0.25) is 0 Å². The molecule has 0 aromatic heterocycles. The van der Waals surface area contributed by atoms with Crippen molar-refractivity contribution in [1.29, 1.82) is 0 Å². The number of hydrogen-bond donors (Lipinski definition) is 3. The maximum Gasteiger partial charge on any atom is 0.306 e. The van der Waals surface area contributed by atoms with Gasteiger partial charge in [-0.2, -0.15) is 0 Å². The fourth-order valence-electron chi connectivity index (χ4n) is 1.21. The van der Waals surface area contributed by atoms with E-state index in [1.165, 1.54) is 6.07 Å². The number of hydrogen-bond acceptors (Lipinski definition) is 3. The van der Waals surface area contributed by atoms with Crippen LogP contribution in [-0.2, 0) is 11.2 Å². The smallest absolute Gasteiger partial charge is 0.306 e. The number of carboxylic acid groups (broad SMARTS) is 1. The van der Waals surface area contributed by atoms with E-state index in [1.54, 1.807) is 13.0 Å². The summed E-state index contributed by atoms with van der Waals surface area (Å²) in [5.74, 6) is -2.05. The molecule has 4 nitrogen and oxygen atoms in total. The fourth-order valence-corrected chi connectivity index (χ4v) is 1.71. The Morgan fingerprint density at radius 1 is 1.47 bits per heavy atom. The Balaban J connectivity index is 2.99. The highest BCUT2D eigenvalue weighted by molar-refractivity contribution is 9.10. The first-order chi connectivity index (χ1) is 6.91. The number of carboxylic acids is 1. The molecule has 15 heavy (non-hydrogen) atoms. The zero-order valence-electron chi connectivity index (χ0n) is 8.07. The van der Waals surface area contributed by atoms with Gasteiger partial charge in [-0.15, -0.1) is 0 Å². The summed E-state index contributed by atoms with van der Waals surface area (Å²) in [6, 6.07) is 2.94. The predicted molar refractivity (Wildman–Crippen MR) is 58.0 cm³/mol. The van der Waals surface area contributed by atoms with E-state index in [1.807, 2.05) is 0 Å². The van der Waals surface area contributed by atoms with Crippen molar-refractivity contribution in [2.45, 2.75) is 13.3 Å². The molecule has 5 heteroatoms. The van der Waals surface area contributed by atoms with Crippen LogP contribution < -0.4 is 0 Å². The standard InChI is InChI=1S/C10H11BrO4/c1-5(10(14)15)2-6-3-7(11)4-8(12)9(6)13/h3-5,12-13H,2H2,1H3,(H,14,15). The number of aliphatic carboxylic acids is 1. The summed E-state index contributed by atoms with van der Waals surface area (Å²) >= 11 is 3.16. The van der Waals surface area contributed by atoms with Crippen molar-refractivity contribution in [2.24, 2.45) is 5.92 Å². The Hall–Kier alpha value is -1.23. The Morgan fingerprint density at radius 2 is 2.07 bits per heavy atom. The molecule has 1 aromatic rings. The molecular formula is C10H11BrO4. The van der Waals surface area contributed by atoms with Crippen molar-refractivity contribution < 1.29 is 20.1 Å². The van der Waals surface area contributed by atoms with Gasteiger partial charge >= 0.3 is 5.97 Å². The van der Waals surface area contributed by atoms with E-state index in [0.717, 1.165) is 0 Å². The number of halogens is 1. The van der Waals surface area contributed by atoms with Crippen molar-refractivity contribution in [1.82, 2.24) is 0 Å². The lowest BCUT2D eigenvalue weighted by atomic mass is 10.0. The van der Waals surface area contributed by atoms with Crippen LogP contribution in [0.5, 0.6) is 11.5 Å². The van der Waals surface area contributed by atoms with E-state index in [2.05, 4.69) is 15.9 Å². The highest BCUT2D eigenvalue weighted by atomic mass is 79.9. The van der Waals surface area contributed by atoms with Crippen molar-refractivity contribution in [3.63, 3.8) is 0 Å². The van der Waals surface area contributed by atoms with E-state index >= 15 is 0 Å². The highest BCUT2D eigenvalue weighted by Gasteiger charge is 2.16. The first-order valence-corrected chi connectivity index (χ1v) is 5.14. The largest absolute Gasteiger partial charge is 0.504 e. The highest BCUT2D eigenvalue weighted by Crippen LogP contribution is 2.33. The Morgan fingerprint density at radius 3 is 2.60 bits per heavy atom. The average molecular weight is 275 g/mol. The maximum absolute atomic E-state index is 10.6. The summed E-state index contributed by atoms with van der Waals surface area (Å²) in [6.07, 6.45) is 0.175. The third kappa shape index (κ3) is 2.86. The molecule has 0 aliphatic heterocycles. The molecule has 0 bridgehead atoms. The molecule has 1 atom stereocenters. The van der Waals surface area contributed by atoms with Crippen LogP contribution in [0.3, 0.4) is 0 Å². The summed E-state index contributed by atoms with van der Waals surface area (Å²) in [5.41, 5.74) is 0.414. The lowest BCUT2D eigenvalue weighted by Crippen LogP contribution is -2.12. The number of rotatable bonds is 3. The van der Waals surface area contributed by atoms with Gasteiger partial charge < -0.3 is 15.3 Å². The SMILES string of the molecule is CC(Cc1cc(Br)cc(O)c1O)C(=O)O. The molecule has 0 spiro atoms. The minimum Gasteiger partial charge on any atom is -0.504 e. The Bertz CT molecular complexity index is 389. The zero-order chi connectivity index (χ0) is 11.6. The molecule has 1 aromatic carbocycles. The lowest BCUT2D eigenvalue weighted by molar-refractivity contribution is -0.141. The lowest BCUT2D eigenvalue weighted by Gasteiger charge is -2.09. The third-order valence-corrected chi connectivity index (χ3v) is 2.54. The number of phenols is 2. The molecule has 0 aliphatic carbocycles. The minimum absolute atomic E-state index is 0.175. The summed E-state index contributed by atoms with van der Waals surface area (Å²) in [6.45, 7) is 1.54.